The molecule has 13 heavy (non-hydrogen) atoms. The fraction of sp³-hybridized carbons (Fsp3) is 0.909. The van der Waals surface area contributed by atoms with Gasteiger partial charge in [-0.15, -0.1) is 0 Å². The van der Waals surface area contributed by atoms with Gasteiger partial charge in [-0.05, 0) is 11.8 Å². The van der Waals surface area contributed by atoms with E-state index in [2.05, 4.69) is 0 Å². The number of carbonyl (C=O) groups excluding carboxylic acids is 1. The van der Waals surface area contributed by atoms with Crippen molar-refractivity contribution in [3.8, 4) is 0 Å². The van der Waals surface area contributed by atoms with E-state index in [4.69, 9.17) is 4.74 Å². The van der Waals surface area contributed by atoms with Crippen molar-refractivity contribution in [2.45, 2.75) is 45.6 Å². The lowest BCUT2D eigenvalue weighted by molar-refractivity contribution is -0.132. The molecule has 1 rings (SSSR count). The van der Waals surface area contributed by atoms with E-state index in [1.807, 2.05) is 13.8 Å². The normalized spacial score (nSPS) is 20.0. The molecule has 0 saturated heterocycles. The van der Waals surface area contributed by atoms with Crippen molar-refractivity contribution >= 4 is 5.78 Å². The van der Waals surface area contributed by atoms with Crippen molar-refractivity contribution in [2.24, 2.45) is 11.8 Å². The second kappa shape index (κ2) is 4.75. The maximum atomic E-state index is 11.7. The molecule has 0 bridgehead atoms. The molecule has 0 aromatic heterocycles. The molecule has 1 saturated carbocycles. The van der Waals surface area contributed by atoms with E-state index >= 15 is 0 Å². The van der Waals surface area contributed by atoms with Crippen LogP contribution in [0, 0.1) is 11.8 Å². The SMILES string of the molecule is COC(C(=O)CC1CCC1)C(C)C. The first-order valence-electron chi connectivity index (χ1n) is 5.20. The van der Waals surface area contributed by atoms with Crippen LogP contribution >= 0.6 is 0 Å². The highest BCUT2D eigenvalue weighted by Crippen LogP contribution is 2.30. The van der Waals surface area contributed by atoms with Gasteiger partial charge in [-0.1, -0.05) is 33.1 Å². The molecule has 1 fully saturated rings. The number of methoxy groups -OCH3 is 1. The summed E-state index contributed by atoms with van der Waals surface area (Å²) in [6.45, 7) is 4.07. The van der Waals surface area contributed by atoms with Gasteiger partial charge in [0.15, 0.2) is 5.78 Å². The van der Waals surface area contributed by atoms with Crippen LogP contribution in [0.5, 0.6) is 0 Å². The molecule has 0 aliphatic heterocycles. The van der Waals surface area contributed by atoms with Crippen molar-refractivity contribution in [1.82, 2.24) is 0 Å². The predicted molar refractivity (Wildman–Crippen MR) is 52.6 cm³/mol. The minimum absolute atomic E-state index is 0.180. The second-order valence-electron chi connectivity index (χ2n) is 4.37. The van der Waals surface area contributed by atoms with Crippen LogP contribution in [0.2, 0.25) is 0 Å². The second-order valence-corrected chi connectivity index (χ2v) is 4.37. The summed E-state index contributed by atoms with van der Waals surface area (Å²) in [7, 11) is 1.63. The summed E-state index contributed by atoms with van der Waals surface area (Å²) in [5, 5.41) is 0. The molecule has 1 aliphatic carbocycles. The zero-order chi connectivity index (χ0) is 9.84. The number of rotatable bonds is 5. The van der Waals surface area contributed by atoms with E-state index in [0.717, 1.165) is 6.42 Å². The average molecular weight is 184 g/mol. The highest BCUT2D eigenvalue weighted by molar-refractivity contribution is 5.83. The van der Waals surface area contributed by atoms with Gasteiger partial charge < -0.3 is 4.74 Å². The summed E-state index contributed by atoms with van der Waals surface area (Å²) in [5.41, 5.74) is 0. The molecule has 0 aromatic rings. The first-order valence-corrected chi connectivity index (χ1v) is 5.20. The molecule has 0 amide bonds. The maximum absolute atomic E-state index is 11.7. The zero-order valence-electron chi connectivity index (χ0n) is 8.88. The van der Waals surface area contributed by atoms with Crippen LogP contribution in [0.4, 0.5) is 0 Å². The summed E-state index contributed by atoms with van der Waals surface area (Å²) < 4.78 is 5.19. The number of ketones is 1. The summed E-state index contributed by atoms with van der Waals surface area (Å²) in [6.07, 6.45) is 4.33. The van der Waals surface area contributed by atoms with Gasteiger partial charge in [0.05, 0.1) is 0 Å². The number of carbonyl (C=O) groups is 1. The third kappa shape index (κ3) is 2.80. The fourth-order valence-corrected chi connectivity index (χ4v) is 1.87. The predicted octanol–water partition coefficient (Wildman–Crippen LogP) is 2.42. The van der Waals surface area contributed by atoms with E-state index < -0.39 is 0 Å². The van der Waals surface area contributed by atoms with Crippen molar-refractivity contribution in [2.75, 3.05) is 7.11 Å². The summed E-state index contributed by atoms with van der Waals surface area (Å²) in [6, 6.07) is 0. The topological polar surface area (TPSA) is 26.3 Å². The van der Waals surface area contributed by atoms with E-state index in [1.54, 1.807) is 7.11 Å². The molecule has 0 heterocycles. The first-order chi connectivity index (χ1) is 6.15. The molecule has 2 nitrogen and oxygen atoms in total. The van der Waals surface area contributed by atoms with Gasteiger partial charge in [-0.3, -0.25) is 4.79 Å². The molecular formula is C11H20O2. The standard InChI is InChI=1S/C11H20O2/c1-8(2)11(13-3)10(12)7-9-5-4-6-9/h8-9,11H,4-7H2,1-3H3. The van der Waals surface area contributed by atoms with Crippen molar-refractivity contribution in [1.29, 1.82) is 0 Å². The zero-order valence-corrected chi connectivity index (χ0v) is 8.88. The lowest BCUT2D eigenvalue weighted by Gasteiger charge is -2.27. The Morgan fingerprint density at radius 3 is 2.38 bits per heavy atom. The van der Waals surface area contributed by atoms with E-state index in [0.29, 0.717) is 17.6 Å². The van der Waals surface area contributed by atoms with Crippen molar-refractivity contribution < 1.29 is 9.53 Å². The third-order valence-electron chi connectivity index (χ3n) is 2.89. The number of ether oxygens (including phenoxy) is 1. The molecule has 1 atom stereocenters. The van der Waals surface area contributed by atoms with Crippen LogP contribution in [0.25, 0.3) is 0 Å². The van der Waals surface area contributed by atoms with Crippen LogP contribution < -0.4 is 0 Å². The minimum Gasteiger partial charge on any atom is -0.373 e. The Labute approximate surface area is 80.7 Å². The number of hydrogen-bond acceptors (Lipinski definition) is 2. The number of hydrogen-bond donors (Lipinski definition) is 0. The molecular weight excluding hydrogens is 164 g/mol. The van der Waals surface area contributed by atoms with Crippen LogP contribution in [-0.4, -0.2) is 19.0 Å². The fourth-order valence-electron chi connectivity index (χ4n) is 1.87. The quantitative estimate of drug-likeness (QED) is 0.656. The lowest BCUT2D eigenvalue weighted by Crippen LogP contribution is -2.31. The van der Waals surface area contributed by atoms with E-state index in [9.17, 15) is 4.79 Å². The largest absolute Gasteiger partial charge is 0.373 e. The van der Waals surface area contributed by atoms with Crippen LogP contribution in [0.1, 0.15) is 39.5 Å². The Hall–Kier alpha value is -0.370. The van der Waals surface area contributed by atoms with Gasteiger partial charge in [-0.25, -0.2) is 0 Å². The van der Waals surface area contributed by atoms with Gasteiger partial charge >= 0.3 is 0 Å². The van der Waals surface area contributed by atoms with Crippen LogP contribution in [0.3, 0.4) is 0 Å². The first kappa shape index (κ1) is 10.7. The number of Topliss-reactive ketones (excluding diaryl/α,β-unsaturated/α-hetero) is 1. The van der Waals surface area contributed by atoms with E-state index in [1.165, 1.54) is 19.3 Å². The maximum Gasteiger partial charge on any atom is 0.162 e. The summed E-state index contributed by atoms with van der Waals surface area (Å²) in [4.78, 5) is 11.7. The van der Waals surface area contributed by atoms with E-state index in [-0.39, 0.29) is 6.10 Å². The summed E-state index contributed by atoms with van der Waals surface area (Å²) in [5.74, 6) is 1.25. The molecule has 1 aliphatic rings. The lowest BCUT2D eigenvalue weighted by atomic mass is 9.80. The van der Waals surface area contributed by atoms with Gasteiger partial charge in [0.2, 0.25) is 0 Å². The Morgan fingerprint density at radius 2 is 2.08 bits per heavy atom. The molecule has 0 N–H and O–H groups in total. The van der Waals surface area contributed by atoms with Gasteiger partial charge in [0.25, 0.3) is 0 Å². The Morgan fingerprint density at radius 1 is 1.46 bits per heavy atom. The smallest absolute Gasteiger partial charge is 0.162 e. The van der Waals surface area contributed by atoms with Crippen molar-refractivity contribution in [3.63, 3.8) is 0 Å². The molecule has 0 aromatic carbocycles. The Balaban J connectivity index is 2.34. The molecule has 0 spiro atoms. The van der Waals surface area contributed by atoms with Gasteiger partial charge in [0, 0.05) is 13.5 Å². The van der Waals surface area contributed by atoms with Crippen molar-refractivity contribution in [3.05, 3.63) is 0 Å². The molecule has 1 unspecified atom stereocenters. The highest BCUT2D eigenvalue weighted by atomic mass is 16.5. The molecule has 76 valence electrons. The third-order valence-corrected chi connectivity index (χ3v) is 2.89. The van der Waals surface area contributed by atoms with Crippen LogP contribution in [-0.2, 0) is 9.53 Å². The summed E-state index contributed by atoms with van der Waals surface area (Å²) >= 11 is 0. The van der Waals surface area contributed by atoms with Crippen LogP contribution in [0.15, 0.2) is 0 Å². The van der Waals surface area contributed by atoms with Gasteiger partial charge in [-0.2, -0.15) is 0 Å². The molecule has 2 heteroatoms. The molecule has 0 radical (unpaired) electrons. The monoisotopic (exact) mass is 184 g/mol. The Kier molecular flexibility index (Phi) is 3.91. The minimum atomic E-state index is -0.180. The average Bonchev–Trinajstić information content (AvgIpc) is 1.97. The van der Waals surface area contributed by atoms with Gasteiger partial charge in [0.1, 0.15) is 6.10 Å². The Bertz CT molecular complexity index is 171. The highest BCUT2D eigenvalue weighted by Gasteiger charge is 2.27.